The Kier molecular flexibility index (Phi) is 4.62. The van der Waals surface area contributed by atoms with Crippen molar-refractivity contribution < 1.29 is 4.74 Å². The van der Waals surface area contributed by atoms with Crippen molar-refractivity contribution in [1.29, 1.82) is 0 Å². The zero-order valence-electron chi connectivity index (χ0n) is 10.6. The summed E-state index contributed by atoms with van der Waals surface area (Å²) in [5.74, 6) is 1.38. The van der Waals surface area contributed by atoms with Crippen LogP contribution in [0.4, 0.5) is 5.69 Å². The van der Waals surface area contributed by atoms with E-state index in [1.54, 1.807) is 7.11 Å². The first kappa shape index (κ1) is 12.8. The lowest BCUT2D eigenvalue weighted by molar-refractivity contribution is 0.416. The molecule has 0 saturated carbocycles. The van der Waals surface area contributed by atoms with Crippen molar-refractivity contribution in [3.8, 4) is 5.75 Å². The van der Waals surface area contributed by atoms with Gasteiger partial charge in [-0.15, -0.1) is 0 Å². The highest BCUT2D eigenvalue weighted by Crippen LogP contribution is 2.28. The fourth-order valence-electron chi connectivity index (χ4n) is 1.49. The Hall–Kier alpha value is -1.22. The van der Waals surface area contributed by atoms with Crippen LogP contribution in [-0.4, -0.2) is 19.7 Å². The summed E-state index contributed by atoms with van der Waals surface area (Å²) in [5, 5.41) is 3.31. The Labute approximate surface area is 98.0 Å². The van der Waals surface area contributed by atoms with Gasteiger partial charge in [0.1, 0.15) is 5.75 Å². The molecular weight excluding hydrogens is 200 g/mol. The molecule has 3 N–H and O–H groups in total. The summed E-state index contributed by atoms with van der Waals surface area (Å²) < 4.78 is 5.31. The Balaban J connectivity index is 2.88. The second-order valence-corrected chi connectivity index (χ2v) is 4.47. The third kappa shape index (κ3) is 3.42. The number of nitrogens with one attached hydrogen (secondary N) is 1. The largest absolute Gasteiger partial charge is 0.495 e. The average molecular weight is 222 g/mol. The van der Waals surface area contributed by atoms with Crippen LogP contribution in [0.1, 0.15) is 32.3 Å². The maximum absolute atomic E-state index is 5.73. The first-order chi connectivity index (χ1) is 7.54. The van der Waals surface area contributed by atoms with E-state index in [-0.39, 0.29) is 6.04 Å². The molecule has 0 heterocycles. The van der Waals surface area contributed by atoms with E-state index in [4.69, 9.17) is 10.5 Å². The van der Waals surface area contributed by atoms with E-state index in [0.717, 1.165) is 18.0 Å². The number of methoxy groups -OCH3 is 1. The van der Waals surface area contributed by atoms with Crippen molar-refractivity contribution in [1.82, 2.24) is 0 Å². The lowest BCUT2D eigenvalue weighted by Crippen LogP contribution is -2.25. The molecule has 3 nitrogen and oxygen atoms in total. The fourth-order valence-corrected chi connectivity index (χ4v) is 1.49. The summed E-state index contributed by atoms with van der Waals surface area (Å²) in [7, 11) is 1.68. The molecule has 1 atom stereocenters. The van der Waals surface area contributed by atoms with Crippen molar-refractivity contribution >= 4 is 5.69 Å². The third-order valence-corrected chi connectivity index (χ3v) is 2.50. The molecule has 1 rings (SSSR count). The van der Waals surface area contributed by atoms with Crippen LogP contribution in [0.3, 0.4) is 0 Å². The van der Waals surface area contributed by atoms with Gasteiger partial charge in [0.15, 0.2) is 0 Å². The quantitative estimate of drug-likeness (QED) is 0.805. The van der Waals surface area contributed by atoms with Gasteiger partial charge in [-0.05, 0) is 30.5 Å². The van der Waals surface area contributed by atoms with E-state index in [1.807, 2.05) is 13.0 Å². The van der Waals surface area contributed by atoms with Crippen LogP contribution < -0.4 is 15.8 Å². The summed E-state index contributed by atoms with van der Waals surface area (Å²) >= 11 is 0. The van der Waals surface area contributed by atoms with Crippen LogP contribution in [0.15, 0.2) is 18.2 Å². The minimum atomic E-state index is 0.132. The van der Waals surface area contributed by atoms with Crippen LogP contribution >= 0.6 is 0 Å². The Bertz CT molecular complexity index is 335. The molecule has 1 aromatic carbocycles. The number of hydrogen-bond acceptors (Lipinski definition) is 3. The normalized spacial score (nSPS) is 12.6. The average Bonchev–Trinajstić information content (AvgIpc) is 2.25. The van der Waals surface area contributed by atoms with Crippen LogP contribution in [0, 0.1) is 0 Å². The smallest absolute Gasteiger partial charge is 0.141 e. The minimum absolute atomic E-state index is 0.132. The van der Waals surface area contributed by atoms with E-state index < -0.39 is 0 Å². The summed E-state index contributed by atoms with van der Waals surface area (Å²) in [6.45, 7) is 7.08. The molecule has 0 bridgehead atoms. The van der Waals surface area contributed by atoms with Gasteiger partial charge in [0.2, 0.25) is 0 Å². The summed E-state index contributed by atoms with van der Waals surface area (Å²) in [4.78, 5) is 0. The molecule has 3 heteroatoms. The molecule has 0 aliphatic carbocycles. The number of ether oxygens (including phenoxy) is 1. The topological polar surface area (TPSA) is 47.3 Å². The van der Waals surface area contributed by atoms with Gasteiger partial charge in [0.05, 0.1) is 12.8 Å². The number of benzene rings is 1. The molecule has 1 unspecified atom stereocenters. The minimum Gasteiger partial charge on any atom is -0.495 e. The Morgan fingerprint density at radius 1 is 1.31 bits per heavy atom. The standard InChI is InChI=1S/C13H22N2O/c1-9(2)11-5-6-13(16-4)12(7-11)15-8-10(3)14/h5-7,9-10,15H,8,14H2,1-4H3. The van der Waals surface area contributed by atoms with Crippen LogP contribution in [-0.2, 0) is 0 Å². The molecule has 0 aromatic heterocycles. The van der Waals surface area contributed by atoms with Gasteiger partial charge in [-0.2, -0.15) is 0 Å². The van der Waals surface area contributed by atoms with Crippen molar-refractivity contribution in [2.75, 3.05) is 19.0 Å². The Morgan fingerprint density at radius 2 is 2.00 bits per heavy atom. The van der Waals surface area contributed by atoms with E-state index in [0.29, 0.717) is 5.92 Å². The number of hydrogen-bond donors (Lipinski definition) is 2. The molecular formula is C13H22N2O. The second kappa shape index (κ2) is 5.75. The van der Waals surface area contributed by atoms with Gasteiger partial charge in [-0.25, -0.2) is 0 Å². The third-order valence-electron chi connectivity index (χ3n) is 2.50. The van der Waals surface area contributed by atoms with Crippen LogP contribution in [0.5, 0.6) is 5.75 Å². The molecule has 0 aliphatic heterocycles. The van der Waals surface area contributed by atoms with Gasteiger partial charge in [-0.1, -0.05) is 19.9 Å². The molecule has 16 heavy (non-hydrogen) atoms. The predicted molar refractivity (Wildman–Crippen MR) is 69.2 cm³/mol. The molecule has 0 saturated heterocycles. The highest BCUT2D eigenvalue weighted by molar-refractivity contribution is 5.58. The number of anilines is 1. The highest BCUT2D eigenvalue weighted by atomic mass is 16.5. The second-order valence-electron chi connectivity index (χ2n) is 4.47. The highest BCUT2D eigenvalue weighted by Gasteiger charge is 2.06. The lowest BCUT2D eigenvalue weighted by atomic mass is 10.0. The molecule has 0 spiro atoms. The molecule has 0 aliphatic rings. The van der Waals surface area contributed by atoms with E-state index >= 15 is 0 Å². The van der Waals surface area contributed by atoms with E-state index in [1.165, 1.54) is 5.56 Å². The summed E-state index contributed by atoms with van der Waals surface area (Å²) in [5.41, 5.74) is 8.04. The van der Waals surface area contributed by atoms with Crippen molar-refractivity contribution in [2.45, 2.75) is 32.7 Å². The molecule has 0 radical (unpaired) electrons. The molecule has 1 aromatic rings. The maximum atomic E-state index is 5.73. The van der Waals surface area contributed by atoms with Crippen LogP contribution in [0.2, 0.25) is 0 Å². The van der Waals surface area contributed by atoms with Crippen molar-refractivity contribution in [3.05, 3.63) is 23.8 Å². The fraction of sp³-hybridized carbons (Fsp3) is 0.538. The van der Waals surface area contributed by atoms with Gasteiger partial charge in [0.25, 0.3) is 0 Å². The van der Waals surface area contributed by atoms with Gasteiger partial charge < -0.3 is 15.8 Å². The lowest BCUT2D eigenvalue weighted by Gasteiger charge is -2.15. The first-order valence-electron chi connectivity index (χ1n) is 5.72. The van der Waals surface area contributed by atoms with Crippen molar-refractivity contribution in [2.24, 2.45) is 5.73 Å². The Morgan fingerprint density at radius 3 is 2.50 bits per heavy atom. The van der Waals surface area contributed by atoms with E-state index in [9.17, 15) is 0 Å². The SMILES string of the molecule is COc1ccc(C(C)C)cc1NCC(C)N. The summed E-state index contributed by atoms with van der Waals surface area (Å²) in [6.07, 6.45) is 0. The molecule has 0 fully saturated rings. The van der Waals surface area contributed by atoms with E-state index in [2.05, 4.69) is 31.3 Å². The van der Waals surface area contributed by atoms with Gasteiger partial charge in [-0.3, -0.25) is 0 Å². The van der Waals surface area contributed by atoms with Crippen LogP contribution in [0.25, 0.3) is 0 Å². The van der Waals surface area contributed by atoms with Gasteiger partial charge >= 0.3 is 0 Å². The molecule has 90 valence electrons. The van der Waals surface area contributed by atoms with Crippen molar-refractivity contribution in [3.63, 3.8) is 0 Å². The monoisotopic (exact) mass is 222 g/mol. The summed E-state index contributed by atoms with van der Waals surface area (Å²) in [6, 6.07) is 6.36. The maximum Gasteiger partial charge on any atom is 0.141 e. The molecule has 0 amide bonds. The zero-order chi connectivity index (χ0) is 12.1. The van der Waals surface area contributed by atoms with Gasteiger partial charge in [0, 0.05) is 12.6 Å². The number of rotatable bonds is 5. The first-order valence-corrected chi connectivity index (χ1v) is 5.72. The number of nitrogens with two attached hydrogens (primary N) is 1. The zero-order valence-corrected chi connectivity index (χ0v) is 10.6. The predicted octanol–water partition coefficient (Wildman–Crippen LogP) is 2.58.